The Morgan fingerprint density at radius 1 is 0.783 bits per heavy atom. The predicted molar refractivity (Wildman–Crippen MR) is 92.7 cm³/mol. The second-order valence-electron chi connectivity index (χ2n) is 5.45. The van der Waals surface area contributed by atoms with Crippen molar-refractivity contribution in [3.05, 3.63) is 78.5 Å². The van der Waals surface area contributed by atoms with Gasteiger partial charge in [-0.05, 0) is 22.4 Å². The standard InChI is InChI=1S/C20H16N2O/c1-3-10-18-15(6-1)8-5-9-16(18)12-13-23-20-21-14-17-7-2-4-11-19(17)22-20/h1-11,14H,12-13H2. The molecule has 3 nitrogen and oxygen atoms in total. The van der Waals surface area contributed by atoms with Gasteiger partial charge in [-0.1, -0.05) is 60.7 Å². The van der Waals surface area contributed by atoms with E-state index in [4.69, 9.17) is 4.74 Å². The number of ether oxygens (including phenoxy) is 1. The Bertz CT molecular complexity index is 960. The lowest BCUT2D eigenvalue weighted by molar-refractivity contribution is 0.298. The molecule has 0 radical (unpaired) electrons. The Morgan fingerprint density at radius 2 is 1.57 bits per heavy atom. The van der Waals surface area contributed by atoms with E-state index in [1.807, 2.05) is 24.3 Å². The number of rotatable bonds is 4. The van der Waals surface area contributed by atoms with Gasteiger partial charge in [0.1, 0.15) is 0 Å². The van der Waals surface area contributed by atoms with Gasteiger partial charge in [0.15, 0.2) is 0 Å². The van der Waals surface area contributed by atoms with Crippen molar-refractivity contribution in [1.29, 1.82) is 0 Å². The van der Waals surface area contributed by atoms with Crippen LogP contribution in [-0.4, -0.2) is 16.6 Å². The molecule has 4 rings (SSSR count). The van der Waals surface area contributed by atoms with Crippen LogP contribution in [0, 0.1) is 0 Å². The number of hydrogen-bond acceptors (Lipinski definition) is 3. The Hall–Kier alpha value is -2.94. The Kier molecular flexibility index (Phi) is 3.60. The molecule has 112 valence electrons. The van der Waals surface area contributed by atoms with Crippen molar-refractivity contribution in [2.24, 2.45) is 0 Å². The molecule has 23 heavy (non-hydrogen) atoms. The molecule has 3 aromatic carbocycles. The fraction of sp³-hybridized carbons (Fsp3) is 0.100. The normalized spacial score (nSPS) is 11.0. The first kappa shape index (κ1) is 13.7. The zero-order chi connectivity index (χ0) is 15.5. The van der Waals surface area contributed by atoms with Gasteiger partial charge in [-0.3, -0.25) is 0 Å². The summed E-state index contributed by atoms with van der Waals surface area (Å²) in [6.07, 6.45) is 2.63. The highest BCUT2D eigenvalue weighted by Gasteiger charge is 2.03. The molecule has 0 N–H and O–H groups in total. The molecule has 1 aromatic heterocycles. The number of aromatic nitrogens is 2. The van der Waals surface area contributed by atoms with E-state index in [1.54, 1.807) is 6.20 Å². The van der Waals surface area contributed by atoms with Crippen LogP contribution in [0.2, 0.25) is 0 Å². The molecular weight excluding hydrogens is 284 g/mol. The van der Waals surface area contributed by atoms with Crippen LogP contribution < -0.4 is 4.74 Å². The van der Waals surface area contributed by atoms with E-state index < -0.39 is 0 Å². The maximum atomic E-state index is 5.74. The third-order valence-electron chi connectivity index (χ3n) is 3.95. The van der Waals surface area contributed by atoms with Crippen LogP contribution in [0.4, 0.5) is 0 Å². The molecule has 4 aromatic rings. The number of hydrogen-bond donors (Lipinski definition) is 0. The van der Waals surface area contributed by atoms with Gasteiger partial charge < -0.3 is 4.74 Å². The highest BCUT2D eigenvalue weighted by atomic mass is 16.5. The maximum absolute atomic E-state index is 5.74. The van der Waals surface area contributed by atoms with Crippen LogP contribution in [0.3, 0.4) is 0 Å². The molecule has 0 bridgehead atoms. The van der Waals surface area contributed by atoms with Gasteiger partial charge in [-0.25, -0.2) is 4.98 Å². The Labute approximate surface area is 134 Å². The van der Waals surface area contributed by atoms with E-state index in [9.17, 15) is 0 Å². The molecule has 0 fully saturated rings. The molecule has 0 aliphatic heterocycles. The monoisotopic (exact) mass is 300 g/mol. The number of fused-ring (bicyclic) bond motifs is 2. The van der Waals surface area contributed by atoms with Gasteiger partial charge in [-0.15, -0.1) is 0 Å². The van der Waals surface area contributed by atoms with Crippen LogP contribution >= 0.6 is 0 Å². The van der Waals surface area contributed by atoms with Crippen LogP contribution in [0.5, 0.6) is 6.01 Å². The minimum absolute atomic E-state index is 0.434. The quantitative estimate of drug-likeness (QED) is 0.560. The highest BCUT2D eigenvalue weighted by Crippen LogP contribution is 2.19. The van der Waals surface area contributed by atoms with Gasteiger partial charge in [0.2, 0.25) is 0 Å². The molecule has 0 unspecified atom stereocenters. The lowest BCUT2D eigenvalue weighted by atomic mass is 10.0. The van der Waals surface area contributed by atoms with Gasteiger partial charge in [0, 0.05) is 18.0 Å². The largest absolute Gasteiger partial charge is 0.463 e. The lowest BCUT2D eigenvalue weighted by Gasteiger charge is -2.08. The summed E-state index contributed by atoms with van der Waals surface area (Å²) in [5, 5.41) is 3.55. The number of nitrogens with zero attached hydrogens (tertiary/aromatic N) is 2. The fourth-order valence-electron chi connectivity index (χ4n) is 2.79. The van der Waals surface area contributed by atoms with Gasteiger partial charge >= 0.3 is 6.01 Å². The first-order valence-electron chi connectivity index (χ1n) is 7.71. The summed E-state index contributed by atoms with van der Waals surface area (Å²) in [6, 6.07) is 23.1. The van der Waals surface area contributed by atoms with Crippen LogP contribution in [-0.2, 0) is 6.42 Å². The highest BCUT2D eigenvalue weighted by molar-refractivity contribution is 5.85. The molecule has 0 saturated carbocycles. The first-order chi connectivity index (χ1) is 11.4. The Morgan fingerprint density at radius 3 is 2.52 bits per heavy atom. The molecule has 0 spiro atoms. The second kappa shape index (κ2) is 6.05. The van der Waals surface area contributed by atoms with Crippen LogP contribution in [0.1, 0.15) is 5.56 Å². The van der Waals surface area contributed by atoms with Crippen LogP contribution in [0.25, 0.3) is 21.7 Å². The van der Waals surface area contributed by atoms with Gasteiger partial charge in [-0.2, -0.15) is 4.98 Å². The summed E-state index contributed by atoms with van der Waals surface area (Å²) in [4.78, 5) is 8.70. The molecule has 0 atom stereocenters. The SMILES string of the molecule is c1ccc2nc(OCCc3cccc4ccccc34)ncc2c1. The molecule has 1 heterocycles. The fourth-order valence-corrected chi connectivity index (χ4v) is 2.79. The number of benzene rings is 3. The minimum Gasteiger partial charge on any atom is -0.463 e. The van der Waals surface area contributed by atoms with Crippen molar-refractivity contribution in [2.45, 2.75) is 6.42 Å². The van der Waals surface area contributed by atoms with Crippen molar-refractivity contribution in [3.8, 4) is 6.01 Å². The number of para-hydroxylation sites is 1. The van der Waals surface area contributed by atoms with Crippen molar-refractivity contribution in [2.75, 3.05) is 6.61 Å². The second-order valence-corrected chi connectivity index (χ2v) is 5.45. The van der Waals surface area contributed by atoms with E-state index in [-0.39, 0.29) is 0 Å². The average Bonchev–Trinajstić information content (AvgIpc) is 2.62. The van der Waals surface area contributed by atoms with Crippen molar-refractivity contribution in [3.63, 3.8) is 0 Å². The van der Waals surface area contributed by atoms with Gasteiger partial charge in [0.25, 0.3) is 0 Å². The summed E-state index contributed by atoms with van der Waals surface area (Å²) >= 11 is 0. The van der Waals surface area contributed by atoms with Crippen molar-refractivity contribution >= 4 is 21.7 Å². The summed E-state index contributed by atoms with van der Waals surface area (Å²) in [5.41, 5.74) is 2.19. The molecule has 0 saturated heterocycles. The first-order valence-corrected chi connectivity index (χ1v) is 7.71. The molecular formula is C20H16N2O. The summed E-state index contributed by atoms with van der Waals surface area (Å²) < 4.78 is 5.74. The van der Waals surface area contributed by atoms with Crippen molar-refractivity contribution < 1.29 is 4.74 Å². The third-order valence-corrected chi connectivity index (χ3v) is 3.95. The summed E-state index contributed by atoms with van der Waals surface area (Å²) in [6.45, 7) is 0.562. The van der Waals surface area contributed by atoms with Crippen molar-refractivity contribution in [1.82, 2.24) is 9.97 Å². The van der Waals surface area contributed by atoms with Gasteiger partial charge in [0.05, 0.1) is 12.1 Å². The molecule has 0 aliphatic carbocycles. The molecule has 0 aliphatic rings. The third kappa shape index (κ3) is 2.86. The summed E-state index contributed by atoms with van der Waals surface area (Å²) in [7, 11) is 0. The van der Waals surface area contributed by atoms with E-state index >= 15 is 0 Å². The average molecular weight is 300 g/mol. The zero-order valence-electron chi connectivity index (χ0n) is 12.6. The van der Waals surface area contributed by atoms with E-state index in [1.165, 1.54) is 16.3 Å². The van der Waals surface area contributed by atoms with E-state index in [0.29, 0.717) is 12.6 Å². The summed E-state index contributed by atoms with van der Waals surface area (Å²) in [5.74, 6) is 0. The molecule has 0 amide bonds. The van der Waals surface area contributed by atoms with Crippen LogP contribution in [0.15, 0.2) is 72.9 Å². The topological polar surface area (TPSA) is 35.0 Å². The molecule has 3 heteroatoms. The predicted octanol–water partition coefficient (Wildman–Crippen LogP) is 4.40. The maximum Gasteiger partial charge on any atom is 0.316 e. The zero-order valence-corrected chi connectivity index (χ0v) is 12.6. The van der Waals surface area contributed by atoms with E-state index in [2.05, 4.69) is 52.4 Å². The lowest BCUT2D eigenvalue weighted by Crippen LogP contribution is -2.04. The Balaban J connectivity index is 1.50. The van der Waals surface area contributed by atoms with E-state index in [0.717, 1.165) is 17.3 Å². The smallest absolute Gasteiger partial charge is 0.316 e. The minimum atomic E-state index is 0.434.